The summed E-state index contributed by atoms with van der Waals surface area (Å²) in [6, 6.07) is 33.6. The smallest absolute Gasteiger partial charge is 0.335 e. The molecule has 0 aliphatic carbocycles. The molecule has 4 N–H and O–H groups in total. The molecule has 0 aromatic heterocycles. The molecule has 0 saturated carbocycles. The lowest BCUT2D eigenvalue weighted by molar-refractivity contribution is -0.116. The van der Waals surface area contributed by atoms with Gasteiger partial charge in [0, 0.05) is 21.7 Å². The van der Waals surface area contributed by atoms with Crippen molar-refractivity contribution < 1.29 is 33.8 Å². The van der Waals surface area contributed by atoms with Crippen molar-refractivity contribution in [3.63, 3.8) is 0 Å². The monoisotopic (exact) mass is 721 g/mol. The first-order valence-corrected chi connectivity index (χ1v) is 16.7. The van der Waals surface area contributed by atoms with Crippen LogP contribution in [0.3, 0.4) is 0 Å². The molecule has 1 atom stereocenters. The average molecular weight is 722 g/mol. The molecule has 0 aliphatic heterocycles. The van der Waals surface area contributed by atoms with Crippen LogP contribution in [0.4, 0.5) is 11.4 Å². The van der Waals surface area contributed by atoms with E-state index in [1.807, 2.05) is 6.07 Å². The van der Waals surface area contributed by atoms with Gasteiger partial charge in [-0.2, -0.15) is 0 Å². The lowest BCUT2D eigenvalue weighted by Crippen LogP contribution is -2.30. The van der Waals surface area contributed by atoms with Crippen molar-refractivity contribution >= 4 is 64.5 Å². The molecule has 0 spiro atoms. The van der Waals surface area contributed by atoms with E-state index in [1.165, 1.54) is 50.3 Å². The molecule has 12 heteroatoms. The fourth-order valence-corrected chi connectivity index (χ4v) is 6.13. The largest absolute Gasteiger partial charge is 0.497 e. The molecule has 0 aliphatic rings. The number of methoxy groups -OCH3 is 2. The van der Waals surface area contributed by atoms with Crippen LogP contribution in [-0.2, 0) is 9.59 Å². The van der Waals surface area contributed by atoms with E-state index in [2.05, 4.69) is 16.0 Å². The number of hydrogen-bond donors (Lipinski definition) is 4. The quantitative estimate of drug-likeness (QED) is 0.0709. The number of halogens is 1. The fraction of sp³-hybridized carbons (Fsp3) is 0.0769. The Balaban J connectivity index is 1.42. The van der Waals surface area contributed by atoms with Crippen LogP contribution in [0.5, 0.6) is 11.5 Å². The number of amides is 3. The normalized spacial score (nSPS) is 11.5. The number of anilines is 2. The third kappa shape index (κ3) is 9.56. The van der Waals surface area contributed by atoms with Crippen molar-refractivity contribution in [2.45, 2.75) is 10.1 Å². The minimum Gasteiger partial charge on any atom is -0.497 e. The summed E-state index contributed by atoms with van der Waals surface area (Å²) in [7, 11) is 3.01. The van der Waals surface area contributed by atoms with E-state index in [9.17, 15) is 24.3 Å². The Morgan fingerprint density at radius 1 is 0.765 bits per heavy atom. The van der Waals surface area contributed by atoms with E-state index in [1.54, 1.807) is 97.1 Å². The zero-order chi connectivity index (χ0) is 36.3. The van der Waals surface area contributed by atoms with Crippen molar-refractivity contribution in [1.29, 1.82) is 0 Å². The van der Waals surface area contributed by atoms with Crippen molar-refractivity contribution in [2.24, 2.45) is 0 Å². The van der Waals surface area contributed by atoms with E-state index < -0.39 is 28.9 Å². The summed E-state index contributed by atoms with van der Waals surface area (Å²) in [6.45, 7) is 0. The Labute approximate surface area is 303 Å². The zero-order valence-electron chi connectivity index (χ0n) is 27.4. The van der Waals surface area contributed by atoms with E-state index in [4.69, 9.17) is 21.1 Å². The minimum absolute atomic E-state index is 0.0275. The summed E-state index contributed by atoms with van der Waals surface area (Å²) in [4.78, 5) is 52.9. The van der Waals surface area contributed by atoms with Crippen molar-refractivity contribution in [3.05, 3.63) is 154 Å². The number of carboxylic acid groups (broad SMARTS) is 1. The number of carbonyl (C=O) groups is 4. The number of thioether (sulfide) groups is 1. The van der Waals surface area contributed by atoms with Gasteiger partial charge in [0.05, 0.1) is 30.5 Å². The molecule has 10 nitrogen and oxygen atoms in total. The number of nitrogens with one attached hydrogen (secondary N) is 3. The van der Waals surface area contributed by atoms with Crippen LogP contribution < -0.4 is 25.4 Å². The van der Waals surface area contributed by atoms with Crippen LogP contribution in [0.1, 0.15) is 37.1 Å². The molecule has 0 radical (unpaired) electrons. The van der Waals surface area contributed by atoms with Crippen LogP contribution in [0.25, 0.3) is 6.08 Å². The van der Waals surface area contributed by atoms with Crippen molar-refractivity contribution in [2.75, 3.05) is 24.9 Å². The molecule has 0 saturated heterocycles. The SMILES string of the molecule is COc1ccc(OC)c(/C=C(/NC(=O)c2ccccc2)C(=O)Nc2cccc(SC(C(=O)Nc3cc(C(=O)O)ccc3Cl)c3ccccc3)c2)c1. The molecule has 5 rings (SSSR count). The summed E-state index contributed by atoms with van der Waals surface area (Å²) in [5.74, 6) is -1.73. The van der Waals surface area contributed by atoms with Crippen LogP contribution in [0.2, 0.25) is 5.02 Å². The Kier molecular flexibility index (Phi) is 12.1. The van der Waals surface area contributed by atoms with Gasteiger partial charge in [-0.3, -0.25) is 14.4 Å². The highest BCUT2D eigenvalue weighted by molar-refractivity contribution is 8.00. The number of hydrogen-bond acceptors (Lipinski definition) is 7. The van der Waals surface area contributed by atoms with Gasteiger partial charge in [-0.05, 0) is 78.4 Å². The molecule has 51 heavy (non-hydrogen) atoms. The zero-order valence-corrected chi connectivity index (χ0v) is 29.0. The van der Waals surface area contributed by atoms with Crippen LogP contribution >= 0.6 is 23.4 Å². The van der Waals surface area contributed by atoms with Crippen molar-refractivity contribution in [3.8, 4) is 11.5 Å². The fourth-order valence-electron chi connectivity index (χ4n) is 4.88. The van der Waals surface area contributed by atoms with Gasteiger partial charge in [0.1, 0.15) is 22.4 Å². The molecule has 3 amide bonds. The minimum atomic E-state index is -1.16. The van der Waals surface area contributed by atoms with Gasteiger partial charge in [0.25, 0.3) is 11.8 Å². The predicted octanol–water partition coefficient (Wildman–Crippen LogP) is 7.94. The number of rotatable bonds is 13. The van der Waals surface area contributed by atoms with Gasteiger partial charge in [0.2, 0.25) is 5.91 Å². The van der Waals surface area contributed by atoms with E-state index in [0.717, 1.165) is 0 Å². The van der Waals surface area contributed by atoms with Crippen LogP contribution in [-0.4, -0.2) is 43.0 Å². The molecule has 5 aromatic carbocycles. The van der Waals surface area contributed by atoms with Gasteiger partial charge in [-0.25, -0.2) is 4.79 Å². The summed E-state index contributed by atoms with van der Waals surface area (Å²) < 4.78 is 10.8. The Morgan fingerprint density at radius 3 is 2.18 bits per heavy atom. The van der Waals surface area contributed by atoms with Gasteiger partial charge >= 0.3 is 5.97 Å². The van der Waals surface area contributed by atoms with E-state index >= 15 is 0 Å². The maximum Gasteiger partial charge on any atom is 0.335 e. The van der Waals surface area contributed by atoms with Gasteiger partial charge in [0.15, 0.2) is 0 Å². The summed E-state index contributed by atoms with van der Waals surface area (Å²) in [6.07, 6.45) is 1.50. The highest BCUT2D eigenvalue weighted by Crippen LogP contribution is 2.38. The van der Waals surface area contributed by atoms with Crippen molar-refractivity contribution in [1.82, 2.24) is 5.32 Å². The predicted molar refractivity (Wildman–Crippen MR) is 199 cm³/mol. The average Bonchev–Trinajstić information content (AvgIpc) is 3.15. The first-order valence-electron chi connectivity index (χ1n) is 15.4. The summed E-state index contributed by atoms with van der Waals surface area (Å²) >= 11 is 7.52. The third-order valence-corrected chi connectivity index (χ3v) is 9.00. The molecular formula is C39H32ClN3O7S. The lowest BCUT2D eigenvalue weighted by atomic mass is 10.1. The van der Waals surface area contributed by atoms with Gasteiger partial charge < -0.3 is 30.5 Å². The lowest BCUT2D eigenvalue weighted by Gasteiger charge is -2.18. The van der Waals surface area contributed by atoms with Crippen LogP contribution in [0, 0.1) is 0 Å². The second-order valence-electron chi connectivity index (χ2n) is 10.9. The maximum atomic E-state index is 13.8. The first-order chi connectivity index (χ1) is 24.6. The molecule has 1 unspecified atom stereocenters. The topological polar surface area (TPSA) is 143 Å². The molecular weight excluding hydrogens is 690 g/mol. The second-order valence-corrected chi connectivity index (χ2v) is 12.5. The highest BCUT2D eigenvalue weighted by atomic mass is 35.5. The number of aromatic carboxylic acids is 1. The number of ether oxygens (including phenoxy) is 2. The van der Waals surface area contributed by atoms with Crippen LogP contribution in [0.15, 0.2) is 132 Å². The maximum absolute atomic E-state index is 13.8. The highest BCUT2D eigenvalue weighted by Gasteiger charge is 2.24. The standard InChI is InChI=1S/C39H32ClN3O7S/c1-49-29-17-19-34(50-2)27(20-29)22-33(43-36(44)25-12-7-4-8-13-25)37(45)41-28-14-9-15-30(23-28)51-35(24-10-5-3-6-11-24)38(46)42-32-21-26(39(47)48)16-18-31(32)40/h3-23,35H,1-2H3,(H,41,45)(H,42,46)(H,43,44)(H,47,48)/b33-22+. The van der Waals surface area contributed by atoms with E-state index in [0.29, 0.717) is 38.8 Å². The molecule has 0 heterocycles. The number of benzene rings is 5. The molecule has 5 aromatic rings. The Hall–Kier alpha value is -6.04. The summed E-state index contributed by atoms with van der Waals surface area (Å²) in [5, 5.41) is 17.2. The summed E-state index contributed by atoms with van der Waals surface area (Å²) in [5.41, 5.74) is 2.00. The van der Waals surface area contributed by atoms with Gasteiger partial charge in [-0.1, -0.05) is 66.2 Å². The van der Waals surface area contributed by atoms with E-state index in [-0.39, 0.29) is 22.0 Å². The van der Waals surface area contributed by atoms with Gasteiger partial charge in [-0.15, -0.1) is 11.8 Å². The number of carbonyl (C=O) groups excluding carboxylic acids is 3. The number of carboxylic acids is 1. The Morgan fingerprint density at radius 2 is 1.49 bits per heavy atom. The second kappa shape index (κ2) is 17.1. The third-order valence-electron chi connectivity index (χ3n) is 7.42. The first kappa shape index (κ1) is 36.2. The Bertz CT molecular complexity index is 2090. The molecule has 258 valence electrons. The molecule has 0 fully saturated rings. The molecule has 0 bridgehead atoms.